The first-order valence-electron chi connectivity index (χ1n) is 7.75. The summed E-state index contributed by atoms with van der Waals surface area (Å²) < 4.78 is 30.5. The van der Waals surface area contributed by atoms with Crippen LogP contribution in [0.1, 0.15) is 17.2 Å². The fourth-order valence-electron chi connectivity index (χ4n) is 2.70. The predicted molar refractivity (Wildman–Crippen MR) is 97.7 cm³/mol. The van der Waals surface area contributed by atoms with Crippen LogP contribution in [0, 0.1) is 5.82 Å². The number of aromatic nitrogens is 1. The molecule has 3 aromatic rings. The summed E-state index contributed by atoms with van der Waals surface area (Å²) >= 11 is 1.42. The molecule has 0 spiro atoms. The lowest BCUT2D eigenvalue weighted by molar-refractivity contribution is 0.213. The average molecular weight is 375 g/mol. The molecule has 0 saturated heterocycles. The Hall–Kier alpha value is -2.64. The molecule has 5 nitrogen and oxygen atoms in total. The Balaban J connectivity index is 2.00. The standard InChI is InChI=1S/C19H18FNO4S/c1-23-15-7-12(8-16(24-2)19(15)25-3)18(22)13-5-4-11(6-14(13)20)17-9-21-10-26-17/h4-10,18,22H,1-3H3. The van der Waals surface area contributed by atoms with E-state index >= 15 is 0 Å². The lowest BCUT2D eigenvalue weighted by Gasteiger charge is -2.18. The Kier molecular flexibility index (Phi) is 5.39. The maximum absolute atomic E-state index is 14.6. The van der Waals surface area contributed by atoms with Gasteiger partial charge in [-0.3, -0.25) is 4.98 Å². The van der Waals surface area contributed by atoms with Crippen molar-refractivity contribution in [3.63, 3.8) is 0 Å². The average Bonchev–Trinajstić information content (AvgIpc) is 3.20. The molecule has 0 aliphatic rings. The van der Waals surface area contributed by atoms with E-state index in [1.165, 1.54) is 38.7 Å². The number of halogens is 1. The van der Waals surface area contributed by atoms with Crippen LogP contribution in [0.4, 0.5) is 4.39 Å². The molecule has 1 aromatic heterocycles. The van der Waals surface area contributed by atoms with Crippen LogP contribution < -0.4 is 14.2 Å². The van der Waals surface area contributed by atoms with Crippen LogP contribution in [0.3, 0.4) is 0 Å². The summed E-state index contributed by atoms with van der Waals surface area (Å²) in [7, 11) is 4.46. The van der Waals surface area contributed by atoms with E-state index < -0.39 is 11.9 Å². The van der Waals surface area contributed by atoms with E-state index in [2.05, 4.69) is 4.98 Å². The molecule has 136 valence electrons. The molecule has 0 radical (unpaired) electrons. The summed E-state index contributed by atoms with van der Waals surface area (Å²) in [6.45, 7) is 0. The minimum absolute atomic E-state index is 0.160. The Bertz CT molecular complexity index is 874. The van der Waals surface area contributed by atoms with Gasteiger partial charge in [0.05, 0.1) is 31.7 Å². The summed E-state index contributed by atoms with van der Waals surface area (Å²) in [5.74, 6) is 0.689. The molecule has 1 N–H and O–H groups in total. The van der Waals surface area contributed by atoms with Crippen molar-refractivity contribution in [3.8, 4) is 27.7 Å². The van der Waals surface area contributed by atoms with Crippen LogP contribution in [-0.2, 0) is 0 Å². The molecule has 7 heteroatoms. The minimum atomic E-state index is -1.18. The highest BCUT2D eigenvalue weighted by atomic mass is 32.1. The number of benzene rings is 2. The molecule has 0 aliphatic carbocycles. The van der Waals surface area contributed by atoms with E-state index in [0.717, 1.165) is 4.88 Å². The van der Waals surface area contributed by atoms with Crippen LogP contribution in [0.5, 0.6) is 17.2 Å². The number of methoxy groups -OCH3 is 3. The van der Waals surface area contributed by atoms with Gasteiger partial charge in [-0.15, -0.1) is 11.3 Å². The van der Waals surface area contributed by atoms with Crippen molar-refractivity contribution in [2.45, 2.75) is 6.10 Å². The molecule has 2 aromatic carbocycles. The maximum Gasteiger partial charge on any atom is 0.203 e. The van der Waals surface area contributed by atoms with Crippen molar-refractivity contribution in [3.05, 3.63) is 59.0 Å². The number of hydrogen-bond donors (Lipinski definition) is 1. The van der Waals surface area contributed by atoms with Gasteiger partial charge in [0.1, 0.15) is 11.9 Å². The SMILES string of the molecule is COc1cc(C(O)c2ccc(-c3cncs3)cc2F)cc(OC)c1OC. The van der Waals surface area contributed by atoms with Gasteiger partial charge in [0.2, 0.25) is 5.75 Å². The third kappa shape index (κ3) is 3.36. The van der Waals surface area contributed by atoms with Crippen molar-refractivity contribution in [2.75, 3.05) is 21.3 Å². The monoisotopic (exact) mass is 375 g/mol. The van der Waals surface area contributed by atoms with Gasteiger partial charge in [0, 0.05) is 11.8 Å². The van der Waals surface area contributed by atoms with Gasteiger partial charge in [0.25, 0.3) is 0 Å². The highest BCUT2D eigenvalue weighted by Crippen LogP contribution is 2.41. The van der Waals surface area contributed by atoms with E-state index in [4.69, 9.17) is 14.2 Å². The number of aliphatic hydroxyl groups is 1. The first-order chi connectivity index (χ1) is 12.6. The van der Waals surface area contributed by atoms with E-state index in [1.807, 2.05) is 0 Å². The molecule has 0 aliphatic heterocycles. The van der Waals surface area contributed by atoms with Gasteiger partial charge >= 0.3 is 0 Å². The normalized spacial score (nSPS) is 11.9. The molecule has 1 unspecified atom stereocenters. The predicted octanol–water partition coefficient (Wildman–Crippen LogP) is 4.06. The van der Waals surface area contributed by atoms with Gasteiger partial charge < -0.3 is 19.3 Å². The molecule has 0 saturated carbocycles. The molecule has 1 heterocycles. The topological polar surface area (TPSA) is 60.8 Å². The summed E-state index contributed by atoms with van der Waals surface area (Å²) in [5.41, 5.74) is 2.99. The summed E-state index contributed by atoms with van der Waals surface area (Å²) in [5, 5.41) is 10.7. The van der Waals surface area contributed by atoms with Crippen LogP contribution in [0.2, 0.25) is 0 Å². The van der Waals surface area contributed by atoms with Crippen molar-refractivity contribution in [1.82, 2.24) is 4.98 Å². The van der Waals surface area contributed by atoms with Crippen molar-refractivity contribution < 1.29 is 23.7 Å². The Morgan fingerprint density at radius 1 is 1.04 bits per heavy atom. The van der Waals surface area contributed by atoms with Gasteiger partial charge in [-0.05, 0) is 29.3 Å². The number of aliphatic hydroxyl groups excluding tert-OH is 1. The van der Waals surface area contributed by atoms with Crippen LogP contribution in [-0.4, -0.2) is 31.4 Å². The third-order valence-electron chi connectivity index (χ3n) is 4.01. The summed E-state index contributed by atoms with van der Waals surface area (Å²) in [4.78, 5) is 4.85. The number of ether oxygens (including phenoxy) is 3. The second kappa shape index (κ2) is 7.72. The maximum atomic E-state index is 14.6. The lowest BCUT2D eigenvalue weighted by Crippen LogP contribution is -2.05. The zero-order valence-electron chi connectivity index (χ0n) is 14.5. The van der Waals surface area contributed by atoms with Crippen molar-refractivity contribution in [2.24, 2.45) is 0 Å². The van der Waals surface area contributed by atoms with E-state index in [1.54, 1.807) is 36.0 Å². The fourth-order valence-corrected chi connectivity index (χ4v) is 3.32. The van der Waals surface area contributed by atoms with Crippen LogP contribution >= 0.6 is 11.3 Å². The molecular weight excluding hydrogens is 357 g/mol. The van der Waals surface area contributed by atoms with Crippen LogP contribution in [0.15, 0.2) is 42.0 Å². The number of rotatable bonds is 6. The Morgan fingerprint density at radius 3 is 2.23 bits per heavy atom. The smallest absolute Gasteiger partial charge is 0.203 e. The summed E-state index contributed by atoms with van der Waals surface area (Å²) in [6.07, 6.45) is 0.494. The van der Waals surface area contributed by atoms with E-state index in [-0.39, 0.29) is 5.56 Å². The Morgan fingerprint density at radius 2 is 1.73 bits per heavy atom. The molecule has 0 fully saturated rings. The zero-order valence-corrected chi connectivity index (χ0v) is 15.3. The molecule has 3 rings (SSSR count). The minimum Gasteiger partial charge on any atom is -0.493 e. The third-order valence-corrected chi connectivity index (χ3v) is 4.84. The highest BCUT2D eigenvalue weighted by molar-refractivity contribution is 7.13. The zero-order chi connectivity index (χ0) is 18.7. The Labute approximate surface area is 154 Å². The number of thiazole rings is 1. The summed E-state index contributed by atoms with van der Waals surface area (Å²) in [6, 6.07) is 7.92. The van der Waals surface area contributed by atoms with Crippen LogP contribution in [0.25, 0.3) is 10.4 Å². The first-order valence-corrected chi connectivity index (χ1v) is 8.63. The second-order valence-corrected chi connectivity index (χ2v) is 6.35. The molecule has 0 bridgehead atoms. The number of hydrogen-bond acceptors (Lipinski definition) is 6. The molecular formula is C19H18FNO4S. The van der Waals surface area contributed by atoms with Gasteiger partial charge in [-0.2, -0.15) is 0 Å². The molecule has 26 heavy (non-hydrogen) atoms. The van der Waals surface area contributed by atoms with Gasteiger partial charge in [-0.1, -0.05) is 12.1 Å². The number of nitrogens with zero attached hydrogens (tertiary/aromatic N) is 1. The van der Waals surface area contributed by atoms with Crippen molar-refractivity contribution in [1.29, 1.82) is 0 Å². The largest absolute Gasteiger partial charge is 0.493 e. The second-order valence-electron chi connectivity index (χ2n) is 5.46. The fraction of sp³-hybridized carbons (Fsp3) is 0.211. The van der Waals surface area contributed by atoms with Gasteiger partial charge in [-0.25, -0.2) is 4.39 Å². The van der Waals surface area contributed by atoms with Gasteiger partial charge in [0.15, 0.2) is 11.5 Å². The quantitative estimate of drug-likeness (QED) is 0.704. The lowest BCUT2D eigenvalue weighted by atomic mass is 9.98. The highest BCUT2D eigenvalue weighted by Gasteiger charge is 2.21. The first kappa shape index (κ1) is 18.2. The van der Waals surface area contributed by atoms with Crippen molar-refractivity contribution >= 4 is 11.3 Å². The van der Waals surface area contributed by atoms with E-state index in [0.29, 0.717) is 28.4 Å². The van der Waals surface area contributed by atoms with E-state index in [9.17, 15) is 9.50 Å². The molecule has 0 amide bonds. The molecule has 1 atom stereocenters.